The molecule has 76 valence electrons. The van der Waals surface area contributed by atoms with Crippen LogP contribution < -0.4 is 11.1 Å². The van der Waals surface area contributed by atoms with Gasteiger partial charge in [-0.2, -0.15) is 0 Å². The summed E-state index contributed by atoms with van der Waals surface area (Å²) in [6.07, 6.45) is 2.94. The summed E-state index contributed by atoms with van der Waals surface area (Å²) in [5.74, 6) is -0.210. The maximum Gasteiger partial charge on any atom is 0.253 e. The Morgan fingerprint density at radius 2 is 2.43 bits per heavy atom. The molecule has 1 atom stereocenters. The van der Waals surface area contributed by atoms with Crippen molar-refractivity contribution in [3.8, 4) is 0 Å². The van der Waals surface area contributed by atoms with Crippen LogP contribution >= 0.6 is 11.6 Å². The molecular weight excluding hydrogens is 202 g/mol. The summed E-state index contributed by atoms with van der Waals surface area (Å²) in [5.41, 5.74) is 5.81. The number of amides is 1. The van der Waals surface area contributed by atoms with Crippen molar-refractivity contribution in [2.24, 2.45) is 5.73 Å². The first-order valence-corrected chi connectivity index (χ1v) is 4.62. The average molecular weight is 214 g/mol. The molecule has 0 fully saturated rings. The number of rotatable bonds is 3. The van der Waals surface area contributed by atoms with Crippen molar-refractivity contribution in [2.75, 3.05) is 6.54 Å². The van der Waals surface area contributed by atoms with E-state index in [9.17, 15) is 4.79 Å². The molecule has 1 heterocycles. The highest BCUT2D eigenvalue weighted by molar-refractivity contribution is 6.30. The minimum atomic E-state index is -0.210. The number of nitrogens with two attached hydrogens (primary N) is 1. The highest BCUT2D eigenvalue weighted by Gasteiger charge is 2.08. The Morgan fingerprint density at radius 1 is 1.71 bits per heavy atom. The van der Waals surface area contributed by atoms with Crippen LogP contribution in [0.5, 0.6) is 0 Å². The molecule has 3 N–H and O–H groups in total. The van der Waals surface area contributed by atoms with Crippen molar-refractivity contribution in [1.29, 1.82) is 0 Å². The summed E-state index contributed by atoms with van der Waals surface area (Å²) in [6, 6.07) is 1.51. The Hall–Kier alpha value is -1.13. The normalized spacial score (nSPS) is 12.2. The van der Waals surface area contributed by atoms with E-state index in [-0.39, 0.29) is 11.9 Å². The van der Waals surface area contributed by atoms with E-state index in [0.29, 0.717) is 17.1 Å². The fourth-order valence-corrected chi connectivity index (χ4v) is 1.08. The molecule has 0 aromatic carbocycles. The van der Waals surface area contributed by atoms with Gasteiger partial charge >= 0.3 is 0 Å². The molecular formula is C9H12ClN3O. The van der Waals surface area contributed by atoms with Gasteiger partial charge < -0.3 is 11.1 Å². The molecule has 1 amide bonds. The van der Waals surface area contributed by atoms with Gasteiger partial charge in [0.25, 0.3) is 5.91 Å². The summed E-state index contributed by atoms with van der Waals surface area (Å²) in [4.78, 5) is 15.3. The van der Waals surface area contributed by atoms with Gasteiger partial charge in [-0.3, -0.25) is 9.78 Å². The SMILES string of the molecule is C[C@H](CN)NC(=O)c1cncc(Cl)c1. The Balaban J connectivity index is 2.70. The van der Waals surface area contributed by atoms with Gasteiger partial charge in [-0.05, 0) is 13.0 Å². The van der Waals surface area contributed by atoms with Gasteiger partial charge in [0.2, 0.25) is 0 Å². The third-order valence-electron chi connectivity index (χ3n) is 1.70. The lowest BCUT2D eigenvalue weighted by atomic mass is 10.2. The van der Waals surface area contributed by atoms with Gasteiger partial charge in [-0.15, -0.1) is 0 Å². The molecule has 0 saturated heterocycles. The first-order chi connectivity index (χ1) is 6.63. The molecule has 4 nitrogen and oxygen atoms in total. The zero-order chi connectivity index (χ0) is 10.6. The topological polar surface area (TPSA) is 68.0 Å². The van der Waals surface area contributed by atoms with E-state index >= 15 is 0 Å². The first kappa shape index (κ1) is 10.9. The van der Waals surface area contributed by atoms with E-state index in [1.54, 1.807) is 6.07 Å². The van der Waals surface area contributed by atoms with Crippen molar-refractivity contribution in [1.82, 2.24) is 10.3 Å². The Kier molecular flexibility index (Phi) is 3.85. The fraction of sp³-hybridized carbons (Fsp3) is 0.333. The lowest BCUT2D eigenvalue weighted by Crippen LogP contribution is -2.37. The Bertz CT molecular complexity index is 330. The van der Waals surface area contributed by atoms with Crippen LogP contribution in [0, 0.1) is 0 Å². The maximum absolute atomic E-state index is 11.5. The number of halogens is 1. The van der Waals surface area contributed by atoms with Crippen LogP contribution in [0.25, 0.3) is 0 Å². The number of aromatic nitrogens is 1. The molecule has 0 saturated carbocycles. The van der Waals surface area contributed by atoms with Crippen molar-refractivity contribution >= 4 is 17.5 Å². The number of carbonyl (C=O) groups is 1. The van der Waals surface area contributed by atoms with E-state index in [1.165, 1.54) is 12.4 Å². The van der Waals surface area contributed by atoms with Crippen LogP contribution in [0.1, 0.15) is 17.3 Å². The van der Waals surface area contributed by atoms with Gasteiger partial charge in [-0.1, -0.05) is 11.6 Å². The largest absolute Gasteiger partial charge is 0.348 e. The summed E-state index contributed by atoms with van der Waals surface area (Å²) in [7, 11) is 0. The summed E-state index contributed by atoms with van der Waals surface area (Å²) < 4.78 is 0. The maximum atomic E-state index is 11.5. The zero-order valence-electron chi connectivity index (χ0n) is 7.83. The van der Waals surface area contributed by atoms with E-state index < -0.39 is 0 Å². The molecule has 0 aliphatic carbocycles. The molecule has 0 aliphatic heterocycles. The van der Waals surface area contributed by atoms with Crippen molar-refractivity contribution in [3.63, 3.8) is 0 Å². The number of pyridine rings is 1. The third-order valence-corrected chi connectivity index (χ3v) is 1.90. The number of nitrogens with one attached hydrogen (secondary N) is 1. The lowest BCUT2D eigenvalue weighted by Gasteiger charge is -2.10. The molecule has 0 spiro atoms. The van der Waals surface area contributed by atoms with Gasteiger partial charge in [0.15, 0.2) is 0 Å². The Morgan fingerprint density at radius 3 is 3.00 bits per heavy atom. The molecule has 1 rings (SSSR count). The second kappa shape index (κ2) is 4.93. The minimum absolute atomic E-state index is 0.0542. The summed E-state index contributed by atoms with van der Waals surface area (Å²) in [6.45, 7) is 2.23. The highest BCUT2D eigenvalue weighted by Crippen LogP contribution is 2.08. The average Bonchev–Trinajstić information content (AvgIpc) is 2.17. The fourth-order valence-electron chi connectivity index (χ4n) is 0.902. The van der Waals surface area contributed by atoms with Crippen molar-refractivity contribution in [2.45, 2.75) is 13.0 Å². The smallest absolute Gasteiger partial charge is 0.253 e. The second-order valence-corrected chi connectivity index (χ2v) is 3.44. The molecule has 0 aliphatic rings. The molecule has 5 heteroatoms. The quantitative estimate of drug-likeness (QED) is 0.781. The molecule has 1 aromatic rings. The van der Waals surface area contributed by atoms with E-state index in [2.05, 4.69) is 10.3 Å². The standard InChI is InChI=1S/C9H12ClN3O/c1-6(3-11)13-9(14)7-2-8(10)5-12-4-7/h2,4-6H,3,11H2,1H3,(H,13,14)/t6-/m1/s1. The molecule has 0 bridgehead atoms. The van der Waals surface area contributed by atoms with Crippen LogP contribution in [0.3, 0.4) is 0 Å². The number of carbonyl (C=O) groups excluding carboxylic acids is 1. The van der Waals surface area contributed by atoms with Crippen LogP contribution in [-0.4, -0.2) is 23.5 Å². The zero-order valence-corrected chi connectivity index (χ0v) is 8.58. The third kappa shape index (κ3) is 2.97. The number of hydrogen-bond donors (Lipinski definition) is 2. The first-order valence-electron chi connectivity index (χ1n) is 4.25. The summed E-state index contributed by atoms with van der Waals surface area (Å²) in [5, 5.41) is 3.15. The minimum Gasteiger partial charge on any atom is -0.348 e. The molecule has 1 aromatic heterocycles. The van der Waals surface area contributed by atoms with Gasteiger partial charge in [0.1, 0.15) is 0 Å². The molecule has 0 unspecified atom stereocenters. The van der Waals surface area contributed by atoms with Crippen LogP contribution in [0.4, 0.5) is 0 Å². The van der Waals surface area contributed by atoms with Crippen LogP contribution in [-0.2, 0) is 0 Å². The van der Waals surface area contributed by atoms with Crippen LogP contribution in [0.2, 0.25) is 5.02 Å². The molecule has 0 radical (unpaired) electrons. The van der Waals surface area contributed by atoms with E-state index in [0.717, 1.165) is 0 Å². The van der Waals surface area contributed by atoms with Gasteiger partial charge in [0, 0.05) is 25.0 Å². The summed E-state index contributed by atoms with van der Waals surface area (Å²) >= 11 is 5.69. The predicted molar refractivity (Wildman–Crippen MR) is 55.2 cm³/mol. The lowest BCUT2D eigenvalue weighted by molar-refractivity contribution is 0.0941. The van der Waals surface area contributed by atoms with E-state index in [4.69, 9.17) is 17.3 Å². The highest BCUT2D eigenvalue weighted by atomic mass is 35.5. The monoisotopic (exact) mass is 213 g/mol. The number of hydrogen-bond acceptors (Lipinski definition) is 3. The van der Waals surface area contributed by atoms with Gasteiger partial charge in [0.05, 0.1) is 10.6 Å². The second-order valence-electron chi connectivity index (χ2n) is 3.00. The number of nitrogens with zero attached hydrogens (tertiary/aromatic N) is 1. The van der Waals surface area contributed by atoms with Gasteiger partial charge in [-0.25, -0.2) is 0 Å². The van der Waals surface area contributed by atoms with E-state index in [1.807, 2.05) is 6.92 Å². The molecule has 14 heavy (non-hydrogen) atoms. The Labute approximate surface area is 87.5 Å². The predicted octanol–water partition coefficient (Wildman–Crippen LogP) is 0.812. The van der Waals surface area contributed by atoms with Crippen molar-refractivity contribution in [3.05, 3.63) is 29.0 Å². The van der Waals surface area contributed by atoms with Crippen LogP contribution in [0.15, 0.2) is 18.5 Å². The van der Waals surface area contributed by atoms with Crippen molar-refractivity contribution < 1.29 is 4.79 Å².